The van der Waals surface area contributed by atoms with Gasteiger partial charge in [-0.15, -0.1) is 0 Å². The van der Waals surface area contributed by atoms with E-state index in [-0.39, 0.29) is 11.7 Å². The molecule has 0 saturated carbocycles. The zero-order valence-electron chi connectivity index (χ0n) is 13.8. The van der Waals surface area contributed by atoms with E-state index in [1.807, 2.05) is 29.3 Å². The van der Waals surface area contributed by atoms with Crippen LogP contribution in [0.25, 0.3) is 10.9 Å². The minimum atomic E-state index is -0.0681. The number of carbonyl (C=O) groups is 1. The fourth-order valence-corrected chi connectivity index (χ4v) is 3.59. The molecule has 5 heteroatoms. The predicted octanol–water partition coefficient (Wildman–Crippen LogP) is 3.36. The van der Waals surface area contributed by atoms with Gasteiger partial charge in [0.05, 0.1) is 17.3 Å². The van der Waals surface area contributed by atoms with Crippen LogP contribution in [0.2, 0.25) is 0 Å². The molecule has 1 fully saturated rings. The van der Waals surface area contributed by atoms with Crippen LogP contribution in [0.1, 0.15) is 34.7 Å². The van der Waals surface area contributed by atoms with Crippen LogP contribution in [-0.2, 0) is 0 Å². The summed E-state index contributed by atoms with van der Waals surface area (Å²) in [5.74, 6) is 0.379. The summed E-state index contributed by atoms with van der Waals surface area (Å²) in [7, 11) is 0. The molecular formula is C20H19N3O2. The molecule has 1 saturated heterocycles. The number of amides is 1. The van der Waals surface area contributed by atoms with E-state index in [1.165, 1.54) is 29.4 Å². The van der Waals surface area contributed by atoms with Gasteiger partial charge >= 0.3 is 0 Å². The quantitative estimate of drug-likeness (QED) is 0.781. The first-order chi connectivity index (χ1) is 12.2. The predicted molar refractivity (Wildman–Crippen MR) is 95.5 cm³/mol. The lowest BCUT2D eigenvalue weighted by Gasteiger charge is -2.32. The van der Waals surface area contributed by atoms with Gasteiger partial charge in [0.2, 0.25) is 0 Å². The lowest BCUT2D eigenvalue weighted by Crippen LogP contribution is -2.38. The van der Waals surface area contributed by atoms with Gasteiger partial charge in [0.25, 0.3) is 5.91 Å². The summed E-state index contributed by atoms with van der Waals surface area (Å²) in [6.07, 6.45) is 6.55. The maximum atomic E-state index is 12.6. The SMILES string of the molecule is O=C(c1cncc(O)c1)N1CCC(c2ccnc3ccccc23)CC1. The van der Waals surface area contributed by atoms with Crippen molar-refractivity contribution < 1.29 is 9.90 Å². The number of carbonyl (C=O) groups excluding carboxylic acids is 1. The molecule has 0 atom stereocenters. The Bertz CT molecular complexity index is 912. The third kappa shape index (κ3) is 3.05. The first kappa shape index (κ1) is 15.6. The first-order valence-corrected chi connectivity index (χ1v) is 8.49. The molecule has 4 rings (SSSR count). The van der Waals surface area contributed by atoms with Gasteiger partial charge in [-0.3, -0.25) is 14.8 Å². The van der Waals surface area contributed by atoms with Crippen LogP contribution in [0.15, 0.2) is 55.0 Å². The number of pyridine rings is 2. The number of hydrogen-bond donors (Lipinski definition) is 1. The average Bonchev–Trinajstić information content (AvgIpc) is 2.67. The normalized spacial score (nSPS) is 15.4. The van der Waals surface area contributed by atoms with Gasteiger partial charge in [-0.05, 0) is 42.5 Å². The number of fused-ring (bicyclic) bond motifs is 1. The highest BCUT2D eigenvalue weighted by atomic mass is 16.3. The third-order valence-electron chi connectivity index (χ3n) is 4.88. The second kappa shape index (κ2) is 6.51. The van der Waals surface area contributed by atoms with Crippen molar-refractivity contribution in [2.45, 2.75) is 18.8 Å². The molecule has 2 aromatic heterocycles. The molecule has 126 valence electrons. The average molecular weight is 333 g/mol. The van der Waals surface area contributed by atoms with Crippen LogP contribution in [0.3, 0.4) is 0 Å². The van der Waals surface area contributed by atoms with Gasteiger partial charge in [-0.1, -0.05) is 18.2 Å². The smallest absolute Gasteiger partial charge is 0.255 e. The fraction of sp³-hybridized carbons (Fsp3) is 0.250. The van der Waals surface area contributed by atoms with E-state index >= 15 is 0 Å². The van der Waals surface area contributed by atoms with E-state index in [9.17, 15) is 9.90 Å². The zero-order valence-corrected chi connectivity index (χ0v) is 13.8. The molecular weight excluding hydrogens is 314 g/mol. The number of aromatic hydroxyl groups is 1. The Hall–Kier alpha value is -2.95. The van der Waals surface area contributed by atoms with Crippen molar-refractivity contribution in [1.29, 1.82) is 0 Å². The Kier molecular flexibility index (Phi) is 4.06. The van der Waals surface area contributed by atoms with E-state index in [1.54, 1.807) is 0 Å². The molecule has 0 aliphatic carbocycles. The van der Waals surface area contributed by atoms with Gasteiger partial charge in [0.15, 0.2) is 0 Å². The van der Waals surface area contributed by atoms with Gasteiger partial charge in [-0.2, -0.15) is 0 Å². The summed E-state index contributed by atoms with van der Waals surface area (Å²) in [6.45, 7) is 1.41. The summed E-state index contributed by atoms with van der Waals surface area (Å²) in [4.78, 5) is 22.7. The summed E-state index contributed by atoms with van der Waals surface area (Å²) in [5, 5.41) is 10.7. The molecule has 5 nitrogen and oxygen atoms in total. The second-order valence-corrected chi connectivity index (χ2v) is 6.42. The Balaban J connectivity index is 1.50. The fourth-order valence-electron chi connectivity index (χ4n) is 3.59. The molecule has 1 amide bonds. The maximum Gasteiger partial charge on any atom is 0.255 e. The van der Waals surface area contributed by atoms with Crippen molar-refractivity contribution in [3.05, 3.63) is 66.1 Å². The van der Waals surface area contributed by atoms with Crippen molar-refractivity contribution in [2.24, 2.45) is 0 Å². The zero-order chi connectivity index (χ0) is 17.2. The van der Waals surface area contributed by atoms with Crippen LogP contribution in [0, 0.1) is 0 Å². The van der Waals surface area contributed by atoms with Crippen molar-refractivity contribution in [2.75, 3.05) is 13.1 Å². The highest BCUT2D eigenvalue weighted by Crippen LogP contribution is 2.32. The minimum Gasteiger partial charge on any atom is -0.506 e. The summed E-state index contributed by atoms with van der Waals surface area (Å²) in [6, 6.07) is 11.8. The standard InChI is InChI=1S/C20H19N3O2/c24-16-11-15(12-21-13-16)20(25)23-9-6-14(7-10-23)17-5-8-22-19-4-2-1-3-18(17)19/h1-5,8,11-14,24H,6-7,9-10H2. The van der Waals surface area contributed by atoms with Gasteiger partial charge in [0, 0.05) is 30.9 Å². The van der Waals surface area contributed by atoms with Gasteiger partial charge < -0.3 is 10.0 Å². The Morgan fingerprint density at radius 2 is 1.92 bits per heavy atom. The van der Waals surface area contributed by atoms with E-state index < -0.39 is 0 Å². The molecule has 1 aliphatic heterocycles. The number of hydrogen-bond acceptors (Lipinski definition) is 4. The van der Waals surface area contributed by atoms with E-state index in [2.05, 4.69) is 22.1 Å². The second-order valence-electron chi connectivity index (χ2n) is 6.42. The minimum absolute atomic E-state index is 0.0176. The van der Waals surface area contributed by atoms with E-state index in [4.69, 9.17) is 0 Å². The molecule has 3 aromatic rings. The molecule has 1 aliphatic rings. The van der Waals surface area contributed by atoms with Crippen molar-refractivity contribution in [3.63, 3.8) is 0 Å². The van der Waals surface area contributed by atoms with Gasteiger partial charge in [-0.25, -0.2) is 0 Å². The largest absolute Gasteiger partial charge is 0.506 e. The Labute approximate surface area is 146 Å². The Morgan fingerprint density at radius 1 is 1.12 bits per heavy atom. The number of aromatic nitrogens is 2. The molecule has 0 unspecified atom stereocenters. The Morgan fingerprint density at radius 3 is 2.72 bits per heavy atom. The van der Waals surface area contributed by atoms with E-state index in [0.29, 0.717) is 24.6 Å². The van der Waals surface area contributed by atoms with Crippen LogP contribution < -0.4 is 0 Å². The topological polar surface area (TPSA) is 66.3 Å². The number of nitrogens with zero attached hydrogens (tertiary/aromatic N) is 3. The molecule has 3 heterocycles. The van der Waals surface area contributed by atoms with Crippen LogP contribution in [0.5, 0.6) is 5.75 Å². The first-order valence-electron chi connectivity index (χ1n) is 8.49. The van der Waals surface area contributed by atoms with Crippen LogP contribution in [0.4, 0.5) is 0 Å². The molecule has 1 N–H and O–H groups in total. The highest BCUT2D eigenvalue weighted by Gasteiger charge is 2.25. The molecule has 0 spiro atoms. The lowest BCUT2D eigenvalue weighted by molar-refractivity contribution is 0.0712. The monoisotopic (exact) mass is 333 g/mol. The molecule has 0 radical (unpaired) electrons. The number of para-hydroxylation sites is 1. The maximum absolute atomic E-state index is 12.6. The number of likely N-dealkylation sites (tertiary alicyclic amines) is 1. The lowest BCUT2D eigenvalue weighted by atomic mass is 9.87. The number of benzene rings is 1. The van der Waals surface area contributed by atoms with Gasteiger partial charge in [0.1, 0.15) is 5.75 Å². The third-order valence-corrected chi connectivity index (χ3v) is 4.88. The van der Waals surface area contributed by atoms with Crippen molar-refractivity contribution in [1.82, 2.24) is 14.9 Å². The van der Waals surface area contributed by atoms with Crippen LogP contribution >= 0.6 is 0 Å². The summed E-state index contributed by atoms with van der Waals surface area (Å²) >= 11 is 0. The summed E-state index contributed by atoms with van der Waals surface area (Å²) < 4.78 is 0. The van der Waals surface area contributed by atoms with E-state index in [0.717, 1.165) is 18.4 Å². The summed E-state index contributed by atoms with van der Waals surface area (Å²) in [5.41, 5.74) is 2.77. The van der Waals surface area contributed by atoms with Crippen molar-refractivity contribution in [3.8, 4) is 5.75 Å². The molecule has 25 heavy (non-hydrogen) atoms. The molecule has 1 aromatic carbocycles. The molecule has 0 bridgehead atoms. The van der Waals surface area contributed by atoms with Crippen LogP contribution in [-0.4, -0.2) is 39.0 Å². The number of piperidine rings is 1. The number of rotatable bonds is 2. The van der Waals surface area contributed by atoms with Crippen molar-refractivity contribution >= 4 is 16.8 Å². The highest BCUT2D eigenvalue weighted by molar-refractivity contribution is 5.94.